The lowest BCUT2D eigenvalue weighted by Gasteiger charge is -2.06. The van der Waals surface area contributed by atoms with E-state index in [0.29, 0.717) is 17.6 Å². The number of rotatable bonds is 3. The molecule has 2 amide bonds. The van der Waals surface area contributed by atoms with E-state index in [0.717, 1.165) is 0 Å². The number of thiazole rings is 1. The molecule has 0 radical (unpaired) electrons. The van der Waals surface area contributed by atoms with Crippen molar-refractivity contribution in [2.45, 2.75) is 13.8 Å². The molecule has 0 aliphatic carbocycles. The summed E-state index contributed by atoms with van der Waals surface area (Å²) >= 11 is 1.40. The number of nitrogens with one attached hydrogen (secondary N) is 2. The van der Waals surface area contributed by atoms with Crippen LogP contribution >= 0.6 is 11.3 Å². The summed E-state index contributed by atoms with van der Waals surface area (Å²) in [5, 5.41) is 7.82. The molecule has 1 aromatic rings. The largest absolute Gasteiger partial charge is 0.338 e. The smallest absolute Gasteiger partial charge is 0.321 e. The molecule has 0 saturated carbocycles. The number of amides is 2. The van der Waals surface area contributed by atoms with Gasteiger partial charge < -0.3 is 5.32 Å². The highest BCUT2D eigenvalue weighted by molar-refractivity contribution is 7.13. The second-order valence-electron chi connectivity index (χ2n) is 3.07. The number of nitrogens with zero attached hydrogens (tertiary/aromatic N) is 1. The first-order valence-electron chi connectivity index (χ1n) is 4.13. The molecule has 0 atom stereocenters. The average Bonchev–Trinajstić information content (AvgIpc) is 2.53. The van der Waals surface area contributed by atoms with E-state index < -0.39 is 0 Å². The van der Waals surface area contributed by atoms with E-state index in [1.54, 1.807) is 6.20 Å². The van der Waals surface area contributed by atoms with Crippen LogP contribution in [0.4, 0.5) is 9.93 Å². The van der Waals surface area contributed by atoms with Crippen molar-refractivity contribution in [1.29, 1.82) is 0 Å². The van der Waals surface area contributed by atoms with Crippen molar-refractivity contribution in [1.82, 2.24) is 10.3 Å². The minimum atomic E-state index is -0.191. The standard InChI is InChI=1S/C8H13N3OS/c1-6(2)5-10-7(12)11-8-9-3-4-13-8/h3-4,6H,5H2,1-2H3,(H2,9,10,11,12). The van der Waals surface area contributed by atoms with Crippen molar-refractivity contribution in [3.63, 3.8) is 0 Å². The first-order valence-corrected chi connectivity index (χ1v) is 5.01. The van der Waals surface area contributed by atoms with Gasteiger partial charge in [0, 0.05) is 18.1 Å². The van der Waals surface area contributed by atoms with Crippen molar-refractivity contribution in [3.8, 4) is 0 Å². The maximum atomic E-state index is 11.2. The van der Waals surface area contributed by atoms with Crippen LogP contribution in [0, 0.1) is 5.92 Å². The van der Waals surface area contributed by atoms with E-state index in [1.165, 1.54) is 11.3 Å². The van der Waals surface area contributed by atoms with Gasteiger partial charge in [0.2, 0.25) is 0 Å². The Kier molecular flexibility index (Phi) is 3.70. The lowest BCUT2D eigenvalue weighted by molar-refractivity contribution is 0.251. The molecule has 0 bridgehead atoms. The SMILES string of the molecule is CC(C)CNC(=O)Nc1nccs1. The summed E-state index contributed by atoms with van der Waals surface area (Å²) in [6, 6.07) is -0.191. The second-order valence-corrected chi connectivity index (χ2v) is 3.96. The molecule has 72 valence electrons. The minimum Gasteiger partial charge on any atom is -0.338 e. The Labute approximate surface area is 81.4 Å². The van der Waals surface area contributed by atoms with Gasteiger partial charge in [-0.25, -0.2) is 9.78 Å². The van der Waals surface area contributed by atoms with E-state index in [2.05, 4.69) is 15.6 Å². The fourth-order valence-electron chi connectivity index (χ4n) is 0.723. The topological polar surface area (TPSA) is 54.0 Å². The van der Waals surface area contributed by atoms with Crippen LogP contribution in [-0.4, -0.2) is 17.6 Å². The third-order valence-corrected chi connectivity index (χ3v) is 2.01. The molecule has 0 saturated heterocycles. The molecule has 0 fully saturated rings. The van der Waals surface area contributed by atoms with Gasteiger partial charge in [0.05, 0.1) is 0 Å². The molecule has 2 N–H and O–H groups in total. The molecule has 0 aliphatic rings. The van der Waals surface area contributed by atoms with Crippen LogP contribution in [0.2, 0.25) is 0 Å². The third-order valence-electron chi connectivity index (χ3n) is 1.32. The molecule has 0 aromatic carbocycles. The molecule has 1 aromatic heterocycles. The average molecular weight is 199 g/mol. The van der Waals surface area contributed by atoms with Gasteiger partial charge in [0.1, 0.15) is 0 Å². The fraction of sp³-hybridized carbons (Fsp3) is 0.500. The Morgan fingerprint density at radius 3 is 3.00 bits per heavy atom. The van der Waals surface area contributed by atoms with Crippen LogP contribution in [0.15, 0.2) is 11.6 Å². The zero-order valence-electron chi connectivity index (χ0n) is 7.70. The molecule has 0 unspecified atom stereocenters. The van der Waals surface area contributed by atoms with Crippen molar-refractivity contribution in [2.75, 3.05) is 11.9 Å². The maximum absolute atomic E-state index is 11.2. The summed E-state index contributed by atoms with van der Waals surface area (Å²) in [5.41, 5.74) is 0. The molecule has 13 heavy (non-hydrogen) atoms. The van der Waals surface area contributed by atoms with E-state index in [-0.39, 0.29) is 6.03 Å². The van der Waals surface area contributed by atoms with E-state index in [4.69, 9.17) is 0 Å². The maximum Gasteiger partial charge on any atom is 0.321 e. The van der Waals surface area contributed by atoms with Crippen LogP contribution in [-0.2, 0) is 0 Å². The van der Waals surface area contributed by atoms with Gasteiger partial charge in [-0.05, 0) is 5.92 Å². The highest BCUT2D eigenvalue weighted by Crippen LogP contribution is 2.09. The number of urea groups is 1. The van der Waals surface area contributed by atoms with Crippen molar-refractivity contribution < 1.29 is 4.79 Å². The van der Waals surface area contributed by atoms with Crippen molar-refractivity contribution >= 4 is 22.5 Å². The van der Waals surface area contributed by atoms with Crippen LogP contribution in [0.3, 0.4) is 0 Å². The van der Waals surface area contributed by atoms with Crippen LogP contribution in [0.1, 0.15) is 13.8 Å². The van der Waals surface area contributed by atoms with Gasteiger partial charge >= 0.3 is 6.03 Å². The number of hydrogen-bond donors (Lipinski definition) is 2. The van der Waals surface area contributed by atoms with Crippen LogP contribution in [0.5, 0.6) is 0 Å². The lowest BCUT2D eigenvalue weighted by atomic mass is 10.2. The Hall–Kier alpha value is -1.10. The highest BCUT2D eigenvalue weighted by Gasteiger charge is 2.02. The first-order chi connectivity index (χ1) is 6.18. The molecular weight excluding hydrogens is 186 g/mol. The fourth-order valence-corrected chi connectivity index (χ4v) is 1.25. The van der Waals surface area contributed by atoms with Gasteiger partial charge in [-0.3, -0.25) is 5.32 Å². The van der Waals surface area contributed by atoms with Gasteiger partial charge in [-0.15, -0.1) is 11.3 Å². The first kappa shape index (κ1) is 9.98. The summed E-state index contributed by atoms with van der Waals surface area (Å²) < 4.78 is 0. The van der Waals surface area contributed by atoms with Gasteiger partial charge in [0.25, 0.3) is 0 Å². The number of carbonyl (C=O) groups is 1. The predicted molar refractivity (Wildman–Crippen MR) is 54.0 cm³/mol. The lowest BCUT2D eigenvalue weighted by Crippen LogP contribution is -2.31. The summed E-state index contributed by atoms with van der Waals surface area (Å²) in [4.78, 5) is 15.1. The monoisotopic (exact) mass is 199 g/mol. The van der Waals surface area contributed by atoms with Crippen LogP contribution in [0.25, 0.3) is 0 Å². The summed E-state index contributed by atoms with van der Waals surface area (Å²) in [6.45, 7) is 4.77. The van der Waals surface area contributed by atoms with Gasteiger partial charge in [-0.1, -0.05) is 13.8 Å². The van der Waals surface area contributed by atoms with E-state index in [1.807, 2.05) is 19.2 Å². The molecular formula is C8H13N3OS. The molecule has 1 heterocycles. The van der Waals surface area contributed by atoms with Crippen molar-refractivity contribution in [3.05, 3.63) is 11.6 Å². The Morgan fingerprint density at radius 2 is 2.46 bits per heavy atom. The quantitative estimate of drug-likeness (QED) is 0.781. The molecule has 0 aliphatic heterocycles. The summed E-state index contributed by atoms with van der Waals surface area (Å²) in [5.74, 6) is 0.460. The summed E-state index contributed by atoms with van der Waals surface area (Å²) in [7, 11) is 0. The molecule has 0 spiro atoms. The molecule has 4 nitrogen and oxygen atoms in total. The summed E-state index contributed by atoms with van der Waals surface area (Å²) in [6.07, 6.45) is 1.66. The number of carbonyl (C=O) groups excluding carboxylic acids is 1. The molecule has 5 heteroatoms. The van der Waals surface area contributed by atoms with E-state index >= 15 is 0 Å². The minimum absolute atomic E-state index is 0.191. The number of aromatic nitrogens is 1. The van der Waals surface area contributed by atoms with Crippen molar-refractivity contribution in [2.24, 2.45) is 5.92 Å². The Bertz CT molecular complexity index is 258. The second kappa shape index (κ2) is 4.81. The molecule has 1 rings (SSSR count). The van der Waals surface area contributed by atoms with E-state index in [9.17, 15) is 4.79 Å². The zero-order valence-corrected chi connectivity index (χ0v) is 8.52. The van der Waals surface area contributed by atoms with Gasteiger partial charge in [0.15, 0.2) is 5.13 Å². The van der Waals surface area contributed by atoms with Gasteiger partial charge in [-0.2, -0.15) is 0 Å². The predicted octanol–water partition coefficient (Wildman–Crippen LogP) is 1.92. The third kappa shape index (κ3) is 3.89. The number of anilines is 1. The van der Waals surface area contributed by atoms with Crippen LogP contribution < -0.4 is 10.6 Å². The zero-order chi connectivity index (χ0) is 9.68. The number of hydrogen-bond acceptors (Lipinski definition) is 3. The Morgan fingerprint density at radius 1 is 1.69 bits per heavy atom. The highest BCUT2D eigenvalue weighted by atomic mass is 32.1. The normalized spacial score (nSPS) is 10.1. The Balaban J connectivity index is 2.26.